The molecule has 1 aromatic heterocycles. The normalized spacial score (nSPS) is 14.9. The minimum absolute atomic E-state index is 0.127. The quantitative estimate of drug-likeness (QED) is 0.706. The molecule has 1 atom stereocenters. The topological polar surface area (TPSA) is 26.0 Å². The molecule has 0 aliphatic carbocycles. The standard InChI is InChI=1S/C6H6F3NS/c7-6(8,9)5(10)4-1-2-11-3-4/h1-3,5H,10H2/t5-/m0/s1. The van der Waals surface area contributed by atoms with Gasteiger partial charge < -0.3 is 5.73 Å². The van der Waals surface area contributed by atoms with Gasteiger partial charge in [-0.05, 0) is 22.4 Å². The zero-order valence-corrected chi connectivity index (χ0v) is 6.25. The van der Waals surface area contributed by atoms with Gasteiger partial charge in [-0.25, -0.2) is 0 Å². The van der Waals surface area contributed by atoms with Crippen molar-refractivity contribution in [2.45, 2.75) is 12.2 Å². The second-order valence-corrected chi connectivity index (χ2v) is 2.86. The van der Waals surface area contributed by atoms with Gasteiger partial charge in [0.2, 0.25) is 0 Å². The van der Waals surface area contributed by atoms with Crippen molar-refractivity contribution in [1.82, 2.24) is 0 Å². The maximum Gasteiger partial charge on any atom is 0.407 e. The number of hydrogen-bond donors (Lipinski definition) is 1. The number of nitrogens with two attached hydrogens (primary N) is 1. The van der Waals surface area contributed by atoms with Gasteiger partial charge in [0.05, 0.1) is 0 Å². The van der Waals surface area contributed by atoms with Gasteiger partial charge in [-0.15, -0.1) is 0 Å². The lowest BCUT2D eigenvalue weighted by Crippen LogP contribution is -2.27. The zero-order valence-electron chi connectivity index (χ0n) is 5.43. The molecule has 0 fully saturated rings. The molecule has 11 heavy (non-hydrogen) atoms. The molecular formula is C6H6F3NS. The van der Waals surface area contributed by atoms with Crippen LogP contribution in [0.4, 0.5) is 13.2 Å². The fourth-order valence-electron chi connectivity index (χ4n) is 0.641. The molecule has 0 aliphatic rings. The van der Waals surface area contributed by atoms with Gasteiger partial charge in [-0.2, -0.15) is 24.5 Å². The molecule has 0 amide bonds. The summed E-state index contributed by atoms with van der Waals surface area (Å²) in [6.45, 7) is 0. The van der Waals surface area contributed by atoms with E-state index in [2.05, 4.69) is 0 Å². The Morgan fingerprint density at radius 2 is 2.09 bits per heavy atom. The summed E-state index contributed by atoms with van der Waals surface area (Å²) in [5.41, 5.74) is 5.03. The second kappa shape index (κ2) is 2.83. The monoisotopic (exact) mass is 181 g/mol. The molecule has 62 valence electrons. The van der Waals surface area contributed by atoms with Crippen molar-refractivity contribution in [3.05, 3.63) is 22.4 Å². The maximum absolute atomic E-state index is 11.9. The predicted molar refractivity (Wildman–Crippen MR) is 37.3 cm³/mol. The molecule has 0 aromatic carbocycles. The Morgan fingerprint density at radius 3 is 2.45 bits per heavy atom. The molecule has 1 aromatic rings. The predicted octanol–water partition coefficient (Wildman–Crippen LogP) is 2.31. The minimum Gasteiger partial charge on any atom is -0.316 e. The third-order valence-corrected chi connectivity index (χ3v) is 1.96. The van der Waals surface area contributed by atoms with Crippen LogP contribution in [0.25, 0.3) is 0 Å². The highest BCUT2D eigenvalue weighted by Gasteiger charge is 2.37. The van der Waals surface area contributed by atoms with Gasteiger partial charge in [0.25, 0.3) is 0 Å². The second-order valence-electron chi connectivity index (χ2n) is 2.08. The summed E-state index contributed by atoms with van der Waals surface area (Å²) in [6, 6.07) is -0.461. The van der Waals surface area contributed by atoms with Crippen molar-refractivity contribution in [3.63, 3.8) is 0 Å². The number of alkyl halides is 3. The van der Waals surface area contributed by atoms with Gasteiger partial charge in [0.15, 0.2) is 0 Å². The van der Waals surface area contributed by atoms with Crippen LogP contribution >= 0.6 is 11.3 Å². The molecule has 1 heterocycles. The van der Waals surface area contributed by atoms with E-state index in [0.717, 1.165) is 0 Å². The van der Waals surface area contributed by atoms with E-state index < -0.39 is 12.2 Å². The van der Waals surface area contributed by atoms with Crippen LogP contribution in [0, 0.1) is 0 Å². The zero-order chi connectivity index (χ0) is 8.48. The summed E-state index contributed by atoms with van der Waals surface area (Å²) in [5, 5.41) is 2.97. The Morgan fingerprint density at radius 1 is 1.45 bits per heavy atom. The van der Waals surface area contributed by atoms with E-state index in [9.17, 15) is 13.2 Å². The van der Waals surface area contributed by atoms with Crippen molar-refractivity contribution < 1.29 is 13.2 Å². The summed E-state index contributed by atoms with van der Waals surface area (Å²) in [6.07, 6.45) is -4.33. The average Bonchev–Trinajstić information content (AvgIpc) is 2.34. The Balaban J connectivity index is 2.78. The molecule has 5 heteroatoms. The van der Waals surface area contributed by atoms with Crippen LogP contribution in [0.5, 0.6) is 0 Å². The lowest BCUT2D eigenvalue weighted by molar-refractivity contribution is -0.149. The van der Waals surface area contributed by atoms with Crippen LogP contribution in [0.15, 0.2) is 16.8 Å². The highest BCUT2D eigenvalue weighted by atomic mass is 32.1. The summed E-state index contributed by atoms with van der Waals surface area (Å²) < 4.78 is 35.7. The summed E-state index contributed by atoms with van der Waals surface area (Å²) in [5.74, 6) is 0. The number of rotatable bonds is 1. The van der Waals surface area contributed by atoms with Crippen LogP contribution in [0.3, 0.4) is 0 Å². The fraction of sp³-hybridized carbons (Fsp3) is 0.333. The fourth-order valence-corrected chi connectivity index (χ4v) is 1.34. The van der Waals surface area contributed by atoms with Gasteiger partial charge in [0.1, 0.15) is 6.04 Å². The molecule has 0 saturated heterocycles. The van der Waals surface area contributed by atoms with Crippen molar-refractivity contribution in [2.75, 3.05) is 0 Å². The van der Waals surface area contributed by atoms with E-state index in [-0.39, 0.29) is 5.56 Å². The van der Waals surface area contributed by atoms with Crippen LogP contribution in [-0.2, 0) is 0 Å². The molecule has 0 unspecified atom stereocenters. The first kappa shape index (κ1) is 8.55. The van der Waals surface area contributed by atoms with E-state index in [1.54, 1.807) is 5.38 Å². The van der Waals surface area contributed by atoms with Crippen LogP contribution < -0.4 is 5.73 Å². The van der Waals surface area contributed by atoms with E-state index in [1.165, 1.54) is 22.8 Å². The summed E-state index contributed by atoms with van der Waals surface area (Å²) in [4.78, 5) is 0. The molecule has 0 spiro atoms. The summed E-state index contributed by atoms with van der Waals surface area (Å²) in [7, 11) is 0. The number of hydrogen-bond acceptors (Lipinski definition) is 2. The van der Waals surface area contributed by atoms with E-state index in [4.69, 9.17) is 5.73 Å². The molecule has 1 rings (SSSR count). The first-order chi connectivity index (χ1) is 5.02. The average molecular weight is 181 g/mol. The van der Waals surface area contributed by atoms with Crippen molar-refractivity contribution in [1.29, 1.82) is 0 Å². The van der Waals surface area contributed by atoms with Gasteiger partial charge >= 0.3 is 6.18 Å². The molecule has 1 nitrogen and oxygen atoms in total. The first-order valence-electron chi connectivity index (χ1n) is 2.86. The molecule has 0 bridgehead atoms. The third-order valence-electron chi connectivity index (χ3n) is 1.25. The van der Waals surface area contributed by atoms with Crippen LogP contribution in [0.1, 0.15) is 11.6 Å². The van der Waals surface area contributed by atoms with E-state index in [0.29, 0.717) is 0 Å². The number of thiophene rings is 1. The maximum atomic E-state index is 11.9. The van der Waals surface area contributed by atoms with Gasteiger partial charge in [0, 0.05) is 0 Å². The lowest BCUT2D eigenvalue weighted by Gasteiger charge is -2.13. The lowest BCUT2D eigenvalue weighted by atomic mass is 10.2. The Labute approximate surface area is 65.6 Å². The molecule has 0 aliphatic heterocycles. The third kappa shape index (κ3) is 1.94. The molecule has 2 N–H and O–H groups in total. The molecular weight excluding hydrogens is 175 g/mol. The van der Waals surface area contributed by atoms with Crippen LogP contribution in [-0.4, -0.2) is 6.18 Å². The molecule has 0 saturated carbocycles. The number of halogens is 3. The van der Waals surface area contributed by atoms with Crippen LogP contribution in [0.2, 0.25) is 0 Å². The molecule has 0 radical (unpaired) electrons. The van der Waals surface area contributed by atoms with Crippen molar-refractivity contribution in [3.8, 4) is 0 Å². The SMILES string of the molecule is N[C@@H](c1ccsc1)C(F)(F)F. The first-order valence-corrected chi connectivity index (χ1v) is 3.80. The van der Waals surface area contributed by atoms with Crippen molar-refractivity contribution in [2.24, 2.45) is 5.73 Å². The smallest absolute Gasteiger partial charge is 0.316 e. The summed E-state index contributed by atoms with van der Waals surface area (Å²) >= 11 is 1.20. The Kier molecular flexibility index (Phi) is 2.20. The van der Waals surface area contributed by atoms with Gasteiger partial charge in [-0.1, -0.05) is 0 Å². The Bertz CT molecular complexity index is 216. The van der Waals surface area contributed by atoms with Gasteiger partial charge in [-0.3, -0.25) is 0 Å². The highest BCUT2D eigenvalue weighted by molar-refractivity contribution is 7.07. The largest absolute Gasteiger partial charge is 0.407 e. The minimum atomic E-state index is -4.33. The van der Waals surface area contributed by atoms with Crippen molar-refractivity contribution >= 4 is 11.3 Å². The van der Waals surface area contributed by atoms with E-state index in [1.807, 2.05) is 0 Å². The van der Waals surface area contributed by atoms with E-state index >= 15 is 0 Å². The highest BCUT2D eigenvalue weighted by Crippen LogP contribution is 2.31. The Hall–Kier alpha value is -0.550.